The topological polar surface area (TPSA) is 79.9 Å². The van der Waals surface area contributed by atoms with Crippen molar-refractivity contribution in [3.8, 4) is 0 Å². The van der Waals surface area contributed by atoms with Gasteiger partial charge >= 0.3 is 5.97 Å². The highest BCUT2D eigenvalue weighted by atomic mass is 35.5. The van der Waals surface area contributed by atoms with Crippen molar-refractivity contribution < 1.29 is 23.5 Å². The minimum atomic E-state index is -0.803. The Morgan fingerprint density at radius 3 is 2.58 bits per heavy atom. The lowest BCUT2D eigenvalue weighted by atomic mass is 10.2. The van der Waals surface area contributed by atoms with Crippen molar-refractivity contribution >= 4 is 46.5 Å². The molecule has 7 nitrogen and oxygen atoms in total. The Balaban J connectivity index is 1.45. The van der Waals surface area contributed by atoms with Gasteiger partial charge in [0.1, 0.15) is 5.82 Å². The second kappa shape index (κ2) is 11.3. The molecule has 0 unspecified atom stereocenters. The van der Waals surface area contributed by atoms with Crippen LogP contribution in [0.15, 0.2) is 36.4 Å². The Morgan fingerprint density at radius 2 is 1.87 bits per heavy atom. The molecule has 0 radical (unpaired) electrons. The number of morpholine rings is 1. The van der Waals surface area contributed by atoms with Gasteiger partial charge < -0.3 is 20.1 Å². The van der Waals surface area contributed by atoms with Crippen LogP contribution in [-0.2, 0) is 14.3 Å². The fourth-order valence-corrected chi connectivity index (χ4v) is 3.24. The minimum Gasteiger partial charge on any atom is -0.452 e. The van der Waals surface area contributed by atoms with E-state index in [-0.39, 0.29) is 10.6 Å². The van der Waals surface area contributed by atoms with Crippen LogP contribution in [0.2, 0.25) is 10.0 Å². The molecule has 3 rings (SSSR count). The van der Waals surface area contributed by atoms with E-state index in [1.807, 2.05) is 0 Å². The molecule has 2 aromatic rings. The van der Waals surface area contributed by atoms with Gasteiger partial charge in [-0.15, -0.1) is 0 Å². The summed E-state index contributed by atoms with van der Waals surface area (Å²) in [6.07, 6.45) is 0. The third kappa shape index (κ3) is 7.07. The molecule has 0 atom stereocenters. The molecule has 0 saturated carbocycles. The largest absolute Gasteiger partial charge is 0.452 e. The van der Waals surface area contributed by atoms with Crippen molar-refractivity contribution in [2.75, 3.05) is 56.6 Å². The third-order valence-corrected chi connectivity index (χ3v) is 5.33. The highest BCUT2D eigenvalue weighted by Crippen LogP contribution is 2.25. The molecule has 1 fully saturated rings. The van der Waals surface area contributed by atoms with Gasteiger partial charge in [0, 0.05) is 31.9 Å². The normalized spacial score (nSPS) is 14.2. The maximum absolute atomic E-state index is 14.3. The predicted molar refractivity (Wildman–Crippen MR) is 118 cm³/mol. The minimum absolute atomic E-state index is 0.0126. The van der Waals surface area contributed by atoms with E-state index in [0.29, 0.717) is 36.2 Å². The molecule has 0 spiro atoms. The van der Waals surface area contributed by atoms with Crippen LogP contribution in [0.5, 0.6) is 0 Å². The van der Waals surface area contributed by atoms with Crippen molar-refractivity contribution in [1.82, 2.24) is 4.90 Å². The zero-order valence-electron chi connectivity index (χ0n) is 16.6. The number of hydrogen-bond donors (Lipinski definition) is 2. The number of carbonyl (C=O) groups excluding carboxylic acids is 2. The number of halogens is 3. The molecule has 1 aliphatic rings. The second-order valence-corrected chi connectivity index (χ2v) is 7.64. The first-order chi connectivity index (χ1) is 14.9. The van der Waals surface area contributed by atoms with Crippen LogP contribution in [0, 0.1) is 5.82 Å². The molecule has 0 aromatic heterocycles. The van der Waals surface area contributed by atoms with Gasteiger partial charge in [-0.05, 0) is 36.4 Å². The number of carbonyl (C=O) groups is 2. The molecule has 10 heteroatoms. The summed E-state index contributed by atoms with van der Waals surface area (Å²) in [6.45, 7) is 3.92. The Hall–Kier alpha value is -2.39. The Labute approximate surface area is 189 Å². The summed E-state index contributed by atoms with van der Waals surface area (Å²) in [5, 5.41) is 6.19. The zero-order valence-corrected chi connectivity index (χ0v) is 18.1. The van der Waals surface area contributed by atoms with Crippen LogP contribution in [0.25, 0.3) is 0 Å². The molecule has 1 saturated heterocycles. The van der Waals surface area contributed by atoms with Gasteiger partial charge in [-0.25, -0.2) is 9.18 Å². The van der Waals surface area contributed by atoms with E-state index in [2.05, 4.69) is 15.5 Å². The van der Waals surface area contributed by atoms with E-state index in [1.54, 1.807) is 6.07 Å². The quantitative estimate of drug-likeness (QED) is 0.574. The summed E-state index contributed by atoms with van der Waals surface area (Å²) < 4.78 is 24.6. The molecule has 166 valence electrons. The van der Waals surface area contributed by atoms with E-state index in [1.165, 1.54) is 24.3 Å². The molecule has 1 heterocycles. The fraction of sp³-hybridized carbons (Fsp3) is 0.333. The van der Waals surface area contributed by atoms with Gasteiger partial charge in [0.05, 0.1) is 34.5 Å². The number of esters is 1. The standard InChI is InChI=1S/C21H22Cl2FN3O4/c22-16-3-2-15(12-17(16)23)26-20(28)13-31-21(29)14-1-4-19(18(24)11-14)25-5-6-27-7-9-30-10-8-27/h1-4,11-12,25H,5-10,13H2,(H,26,28). The van der Waals surface area contributed by atoms with Crippen LogP contribution in [-0.4, -0.2) is 62.8 Å². The number of anilines is 2. The smallest absolute Gasteiger partial charge is 0.338 e. The molecular formula is C21H22Cl2FN3O4. The van der Waals surface area contributed by atoms with Crippen molar-refractivity contribution in [3.05, 3.63) is 57.8 Å². The van der Waals surface area contributed by atoms with E-state index in [0.717, 1.165) is 25.7 Å². The molecular weight excluding hydrogens is 448 g/mol. The van der Waals surface area contributed by atoms with Crippen LogP contribution in [0.3, 0.4) is 0 Å². The van der Waals surface area contributed by atoms with Crippen LogP contribution in [0.4, 0.5) is 15.8 Å². The van der Waals surface area contributed by atoms with Crippen molar-refractivity contribution in [1.29, 1.82) is 0 Å². The van der Waals surface area contributed by atoms with Gasteiger partial charge in [-0.3, -0.25) is 9.69 Å². The highest BCUT2D eigenvalue weighted by Gasteiger charge is 2.14. The van der Waals surface area contributed by atoms with Crippen molar-refractivity contribution in [2.24, 2.45) is 0 Å². The second-order valence-electron chi connectivity index (χ2n) is 6.83. The van der Waals surface area contributed by atoms with E-state index in [9.17, 15) is 14.0 Å². The zero-order chi connectivity index (χ0) is 22.2. The summed E-state index contributed by atoms with van der Waals surface area (Å²) >= 11 is 11.7. The van der Waals surface area contributed by atoms with Crippen LogP contribution in [0.1, 0.15) is 10.4 Å². The van der Waals surface area contributed by atoms with Crippen LogP contribution < -0.4 is 10.6 Å². The summed E-state index contributed by atoms with van der Waals surface area (Å²) in [5.41, 5.74) is 0.717. The van der Waals surface area contributed by atoms with Crippen molar-refractivity contribution in [2.45, 2.75) is 0 Å². The first kappa shape index (κ1) is 23.3. The Kier molecular flexibility index (Phi) is 8.48. The molecule has 2 N–H and O–H groups in total. The summed E-state index contributed by atoms with van der Waals surface area (Å²) in [5.74, 6) is -1.94. The average Bonchev–Trinajstić information content (AvgIpc) is 2.76. The Bertz CT molecular complexity index is 939. The molecule has 1 amide bonds. The lowest BCUT2D eigenvalue weighted by Crippen LogP contribution is -2.39. The fourth-order valence-electron chi connectivity index (χ4n) is 2.94. The monoisotopic (exact) mass is 469 g/mol. The molecule has 1 aliphatic heterocycles. The van der Waals surface area contributed by atoms with Crippen LogP contribution >= 0.6 is 23.2 Å². The number of ether oxygens (including phenoxy) is 2. The lowest BCUT2D eigenvalue weighted by molar-refractivity contribution is -0.119. The molecule has 31 heavy (non-hydrogen) atoms. The van der Waals surface area contributed by atoms with Gasteiger partial charge in [-0.2, -0.15) is 0 Å². The Morgan fingerprint density at radius 1 is 1.10 bits per heavy atom. The maximum atomic E-state index is 14.3. The first-order valence-corrected chi connectivity index (χ1v) is 10.4. The van der Waals surface area contributed by atoms with E-state index in [4.69, 9.17) is 32.7 Å². The van der Waals surface area contributed by atoms with Gasteiger partial charge in [0.2, 0.25) is 0 Å². The number of nitrogens with zero attached hydrogens (tertiary/aromatic N) is 1. The molecule has 0 aliphatic carbocycles. The van der Waals surface area contributed by atoms with E-state index >= 15 is 0 Å². The van der Waals surface area contributed by atoms with Gasteiger partial charge in [0.15, 0.2) is 6.61 Å². The van der Waals surface area contributed by atoms with Gasteiger partial charge in [0.25, 0.3) is 5.91 Å². The lowest BCUT2D eigenvalue weighted by Gasteiger charge is -2.26. The van der Waals surface area contributed by atoms with E-state index < -0.39 is 24.3 Å². The van der Waals surface area contributed by atoms with Crippen molar-refractivity contribution in [3.63, 3.8) is 0 Å². The SMILES string of the molecule is O=C(COC(=O)c1ccc(NCCN2CCOCC2)c(F)c1)Nc1ccc(Cl)c(Cl)c1. The maximum Gasteiger partial charge on any atom is 0.338 e. The number of amides is 1. The number of hydrogen-bond acceptors (Lipinski definition) is 6. The van der Waals surface area contributed by atoms with Gasteiger partial charge in [-0.1, -0.05) is 23.2 Å². The highest BCUT2D eigenvalue weighted by molar-refractivity contribution is 6.42. The molecule has 2 aromatic carbocycles. The summed E-state index contributed by atoms with van der Waals surface area (Å²) in [4.78, 5) is 26.3. The number of benzene rings is 2. The summed E-state index contributed by atoms with van der Waals surface area (Å²) in [6, 6.07) is 8.57. The summed E-state index contributed by atoms with van der Waals surface area (Å²) in [7, 11) is 0. The average molecular weight is 470 g/mol. The number of rotatable bonds is 8. The number of nitrogens with one attached hydrogen (secondary N) is 2. The first-order valence-electron chi connectivity index (χ1n) is 9.68. The third-order valence-electron chi connectivity index (χ3n) is 4.59. The predicted octanol–water partition coefficient (Wildman–Crippen LogP) is 3.67. The molecule has 0 bridgehead atoms.